The van der Waals surface area contributed by atoms with E-state index in [1.165, 1.54) is 0 Å². The van der Waals surface area contributed by atoms with Crippen LogP contribution in [-0.4, -0.2) is 24.2 Å². The van der Waals surface area contributed by atoms with Gasteiger partial charge in [-0.1, -0.05) is 13.8 Å². The van der Waals surface area contributed by atoms with Crippen molar-refractivity contribution in [2.24, 2.45) is 0 Å². The van der Waals surface area contributed by atoms with Crippen LogP contribution < -0.4 is 5.32 Å². The molecule has 0 rings (SSSR count). The van der Waals surface area contributed by atoms with E-state index in [9.17, 15) is 0 Å². The summed E-state index contributed by atoms with van der Waals surface area (Å²) in [6.07, 6.45) is 1.22. The zero-order valence-electron chi connectivity index (χ0n) is 7.63. The maximum Gasteiger partial charge on any atom is 0.107 e. The van der Waals surface area contributed by atoms with Gasteiger partial charge in [-0.05, 0) is 19.8 Å². The molecule has 2 atom stereocenters. The van der Waals surface area contributed by atoms with Crippen molar-refractivity contribution in [3.8, 4) is 0 Å². The molecule has 0 saturated carbocycles. The number of hydrogen-bond donors (Lipinski definition) is 2. The van der Waals surface area contributed by atoms with Crippen LogP contribution in [0.3, 0.4) is 0 Å². The fraction of sp³-hybridized carbons (Fsp3) is 1.00. The minimum absolute atomic E-state index is 0.0510. The van der Waals surface area contributed by atoms with Crippen molar-refractivity contribution in [2.45, 2.75) is 46.1 Å². The van der Waals surface area contributed by atoms with E-state index in [1.54, 1.807) is 0 Å². The molecule has 0 aliphatic heterocycles. The maximum atomic E-state index is 9.14. The predicted molar refractivity (Wildman–Crippen MR) is 45.1 cm³/mol. The smallest absolute Gasteiger partial charge is 0.107 e. The summed E-state index contributed by atoms with van der Waals surface area (Å²) in [6.45, 7) is 6.62. The highest BCUT2D eigenvalue weighted by Crippen LogP contribution is 1.92. The van der Waals surface area contributed by atoms with Gasteiger partial charge in [0.05, 0.1) is 0 Å². The summed E-state index contributed by atoms with van der Waals surface area (Å²) >= 11 is 0. The molecule has 3 heteroatoms. The van der Waals surface area contributed by atoms with E-state index >= 15 is 0 Å². The van der Waals surface area contributed by atoms with Crippen LogP contribution in [0.2, 0.25) is 0 Å². The Hall–Kier alpha value is -0.120. The zero-order chi connectivity index (χ0) is 8.69. The fourth-order valence-corrected chi connectivity index (χ4v) is 0.732. The Labute approximate surface area is 68.8 Å². The lowest BCUT2D eigenvalue weighted by Gasteiger charge is -2.17. The van der Waals surface area contributed by atoms with Gasteiger partial charge in [0.25, 0.3) is 0 Å². The van der Waals surface area contributed by atoms with Crippen LogP contribution in [0.15, 0.2) is 0 Å². The molecule has 0 aliphatic carbocycles. The van der Waals surface area contributed by atoms with E-state index in [-0.39, 0.29) is 6.23 Å². The molecule has 0 spiro atoms. The van der Waals surface area contributed by atoms with E-state index in [1.807, 2.05) is 13.8 Å². The Balaban J connectivity index is 3.27. The molecular formula is C8H19NO2. The summed E-state index contributed by atoms with van der Waals surface area (Å²) in [4.78, 5) is 0. The van der Waals surface area contributed by atoms with Crippen LogP contribution >= 0.6 is 0 Å². The molecular weight excluding hydrogens is 142 g/mol. The highest BCUT2D eigenvalue weighted by molar-refractivity contribution is 4.51. The third-order valence-corrected chi connectivity index (χ3v) is 1.39. The molecule has 2 N–H and O–H groups in total. The Kier molecular flexibility index (Phi) is 6.51. The average Bonchev–Trinajstić information content (AvgIpc) is 2.00. The molecule has 0 saturated heterocycles. The normalized spacial score (nSPS) is 16.4. The van der Waals surface area contributed by atoms with E-state index in [0.29, 0.717) is 6.42 Å². The quantitative estimate of drug-likeness (QED) is 0.573. The number of nitrogens with one attached hydrogen (secondary N) is 1. The van der Waals surface area contributed by atoms with Gasteiger partial charge in [0.15, 0.2) is 0 Å². The first-order chi connectivity index (χ1) is 5.20. The monoisotopic (exact) mass is 161 g/mol. The third kappa shape index (κ3) is 6.28. The Morgan fingerprint density at radius 1 is 1.45 bits per heavy atom. The second-order valence-electron chi connectivity index (χ2n) is 2.60. The topological polar surface area (TPSA) is 41.5 Å². The van der Waals surface area contributed by atoms with Crippen molar-refractivity contribution >= 4 is 0 Å². The molecule has 0 radical (unpaired) electrons. The lowest BCUT2D eigenvalue weighted by Crippen LogP contribution is -2.37. The van der Waals surface area contributed by atoms with E-state index in [4.69, 9.17) is 9.84 Å². The molecule has 0 fully saturated rings. The van der Waals surface area contributed by atoms with Crippen LogP contribution in [0.4, 0.5) is 0 Å². The number of aliphatic hydroxyl groups excluding tert-OH is 1. The van der Waals surface area contributed by atoms with Crippen molar-refractivity contribution in [1.82, 2.24) is 5.32 Å². The van der Waals surface area contributed by atoms with Crippen LogP contribution in [0.25, 0.3) is 0 Å². The van der Waals surface area contributed by atoms with Gasteiger partial charge in [0.1, 0.15) is 12.5 Å². The van der Waals surface area contributed by atoms with Crippen molar-refractivity contribution < 1.29 is 9.84 Å². The lowest BCUT2D eigenvalue weighted by molar-refractivity contribution is -0.00518. The van der Waals surface area contributed by atoms with E-state index < -0.39 is 6.23 Å². The molecule has 11 heavy (non-hydrogen) atoms. The molecule has 0 aromatic rings. The van der Waals surface area contributed by atoms with Crippen molar-refractivity contribution in [2.75, 3.05) is 6.61 Å². The van der Waals surface area contributed by atoms with Crippen LogP contribution in [-0.2, 0) is 4.74 Å². The predicted octanol–water partition coefficient (Wildman–Crippen LogP) is 1.08. The maximum absolute atomic E-state index is 9.14. The third-order valence-electron chi connectivity index (χ3n) is 1.39. The molecule has 68 valence electrons. The van der Waals surface area contributed by atoms with Gasteiger partial charge in [-0.3, -0.25) is 5.32 Å². The number of ether oxygens (including phenoxy) is 1. The number of hydrogen-bond acceptors (Lipinski definition) is 3. The molecule has 2 unspecified atom stereocenters. The van der Waals surface area contributed by atoms with Crippen LogP contribution in [0.1, 0.15) is 33.6 Å². The van der Waals surface area contributed by atoms with E-state index in [0.717, 1.165) is 13.0 Å². The van der Waals surface area contributed by atoms with Gasteiger partial charge in [-0.25, -0.2) is 0 Å². The second-order valence-corrected chi connectivity index (χ2v) is 2.60. The minimum Gasteiger partial charge on any atom is -0.379 e. The Morgan fingerprint density at radius 2 is 2.09 bits per heavy atom. The van der Waals surface area contributed by atoms with Crippen LogP contribution in [0.5, 0.6) is 0 Å². The van der Waals surface area contributed by atoms with Crippen LogP contribution in [0, 0.1) is 0 Å². The molecule has 0 aromatic heterocycles. The van der Waals surface area contributed by atoms with Gasteiger partial charge >= 0.3 is 0 Å². The molecule has 3 nitrogen and oxygen atoms in total. The summed E-state index contributed by atoms with van der Waals surface area (Å²) in [5.41, 5.74) is 0. The van der Waals surface area contributed by atoms with Gasteiger partial charge in [0, 0.05) is 6.61 Å². The van der Waals surface area contributed by atoms with Gasteiger partial charge < -0.3 is 9.84 Å². The minimum atomic E-state index is -0.443. The first-order valence-corrected chi connectivity index (χ1v) is 4.26. The van der Waals surface area contributed by atoms with Crippen molar-refractivity contribution in [3.63, 3.8) is 0 Å². The SMILES string of the molecule is CCCOC(C)NC(O)CC. The van der Waals surface area contributed by atoms with Gasteiger partial charge in [-0.2, -0.15) is 0 Å². The molecule has 0 bridgehead atoms. The van der Waals surface area contributed by atoms with Crippen molar-refractivity contribution in [1.29, 1.82) is 0 Å². The summed E-state index contributed by atoms with van der Waals surface area (Å²) in [5.74, 6) is 0. The summed E-state index contributed by atoms with van der Waals surface area (Å²) in [6, 6.07) is 0. The summed E-state index contributed by atoms with van der Waals surface area (Å²) in [7, 11) is 0. The second kappa shape index (κ2) is 6.58. The average molecular weight is 161 g/mol. The van der Waals surface area contributed by atoms with Crippen molar-refractivity contribution in [3.05, 3.63) is 0 Å². The first kappa shape index (κ1) is 10.9. The highest BCUT2D eigenvalue weighted by atomic mass is 16.5. The fourth-order valence-electron chi connectivity index (χ4n) is 0.732. The van der Waals surface area contributed by atoms with E-state index in [2.05, 4.69) is 12.2 Å². The first-order valence-electron chi connectivity index (χ1n) is 4.26. The highest BCUT2D eigenvalue weighted by Gasteiger charge is 2.04. The van der Waals surface area contributed by atoms with Gasteiger partial charge in [0.2, 0.25) is 0 Å². The zero-order valence-corrected chi connectivity index (χ0v) is 7.63. The summed E-state index contributed by atoms with van der Waals surface area (Å²) < 4.78 is 5.29. The van der Waals surface area contributed by atoms with Gasteiger partial charge in [-0.15, -0.1) is 0 Å². The molecule has 0 heterocycles. The summed E-state index contributed by atoms with van der Waals surface area (Å²) in [5, 5.41) is 12.0. The Morgan fingerprint density at radius 3 is 2.55 bits per heavy atom. The largest absolute Gasteiger partial charge is 0.379 e. The molecule has 0 amide bonds. The lowest BCUT2D eigenvalue weighted by atomic mass is 10.4. The molecule has 0 aliphatic rings. The molecule has 0 aromatic carbocycles. The number of rotatable bonds is 6. The standard InChI is InChI=1S/C8H19NO2/c1-4-6-11-7(3)9-8(10)5-2/h7-10H,4-6H2,1-3H3. The Bertz CT molecular complexity index is 88.2. The number of aliphatic hydroxyl groups is 1.